The normalized spacial score (nSPS) is 15.4. The van der Waals surface area contributed by atoms with E-state index in [-0.39, 0.29) is 11.5 Å². The number of aromatic carboxylic acids is 1. The topological polar surface area (TPSA) is 67.5 Å². The molecule has 19 heavy (non-hydrogen) atoms. The van der Waals surface area contributed by atoms with Gasteiger partial charge in [0.05, 0.1) is 21.4 Å². The van der Waals surface area contributed by atoms with Gasteiger partial charge in [0, 0.05) is 12.1 Å². The van der Waals surface area contributed by atoms with Gasteiger partial charge >= 0.3 is 5.97 Å². The molecule has 0 radical (unpaired) electrons. The molecule has 100 valence electrons. The monoisotopic (exact) mass is 323 g/mol. The fraction of sp³-hybridized carbons (Fsp3) is 0.462. The van der Waals surface area contributed by atoms with Crippen molar-refractivity contribution in [2.24, 2.45) is 0 Å². The van der Waals surface area contributed by atoms with Crippen LogP contribution in [0.25, 0.3) is 5.65 Å². The Labute approximate surface area is 118 Å². The molecule has 0 spiro atoms. The van der Waals surface area contributed by atoms with Crippen molar-refractivity contribution >= 4 is 27.5 Å². The highest BCUT2D eigenvalue weighted by Crippen LogP contribution is 2.43. The summed E-state index contributed by atoms with van der Waals surface area (Å²) in [6, 6.07) is 0. The standard InChI is InChI=1S/C13H14BrN3O2/c1-6(2)11-8(13(18)19)5-15-12-9(14)10(7-3-4-7)16-17(11)12/h5-7H,3-4H2,1-2H3,(H,18,19). The lowest BCUT2D eigenvalue weighted by Gasteiger charge is -2.11. The minimum absolute atomic E-state index is 0.0652. The Kier molecular flexibility index (Phi) is 2.85. The third-order valence-corrected chi connectivity index (χ3v) is 4.15. The summed E-state index contributed by atoms with van der Waals surface area (Å²) < 4.78 is 2.58. The quantitative estimate of drug-likeness (QED) is 0.941. The number of carboxylic acids is 1. The summed E-state index contributed by atoms with van der Waals surface area (Å²) in [6.45, 7) is 3.93. The molecule has 0 aromatic carbocycles. The molecule has 2 aromatic rings. The van der Waals surface area contributed by atoms with Crippen molar-refractivity contribution in [2.45, 2.75) is 38.5 Å². The summed E-state index contributed by atoms with van der Waals surface area (Å²) in [6.07, 6.45) is 3.71. The van der Waals surface area contributed by atoms with Crippen molar-refractivity contribution in [3.63, 3.8) is 0 Å². The number of fused-ring (bicyclic) bond motifs is 1. The van der Waals surface area contributed by atoms with Crippen molar-refractivity contribution < 1.29 is 9.90 Å². The van der Waals surface area contributed by atoms with Crippen LogP contribution in [-0.2, 0) is 0 Å². The molecule has 2 aromatic heterocycles. The molecule has 0 aliphatic heterocycles. The van der Waals surface area contributed by atoms with E-state index >= 15 is 0 Å². The molecule has 0 saturated heterocycles. The van der Waals surface area contributed by atoms with Crippen molar-refractivity contribution in [3.8, 4) is 0 Å². The molecule has 0 atom stereocenters. The molecular formula is C13H14BrN3O2. The second-order valence-corrected chi connectivity index (χ2v) is 6.02. The van der Waals surface area contributed by atoms with Gasteiger partial charge < -0.3 is 5.11 Å². The van der Waals surface area contributed by atoms with Crippen molar-refractivity contribution in [1.29, 1.82) is 0 Å². The summed E-state index contributed by atoms with van der Waals surface area (Å²) in [7, 11) is 0. The van der Waals surface area contributed by atoms with Gasteiger partial charge in [0.2, 0.25) is 0 Å². The number of rotatable bonds is 3. The molecule has 1 fully saturated rings. The summed E-state index contributed by atoms with van der Waals surface area (Å²) in [5, 5.41) is 13.9. The number of nitrogens with zero attached hydrogens (tertiary/aromatic N) is 3. The Hall–Kier alpha value is -1.43. The smallest absolute Gasteiger partial charge is 0.339 e. The van der Waals surface area contributed by atoms with E-state index in [4.69, 9.17) is 0 Å². The molecule has 0 bridgehead atoms. The van der Waals surface area contributed by atoms with Gasteiger partial charge in [-0.3, -0.25) is 0 Å². The van der Waals surface area contributed by atoms with Crippen LogP contribution in [0.3, 0.4) is 0 Å². The van der Waals surface area contributed by atoms with Crippen LogP contribution in [0.4, 0.5) is 0 Å². The van der Waals surface area contributed by atoms with Crippen molar-refractivity contribution in [2.75, 3.05) is 0 Å². The summed E-state index contributed by atoms with van der Waals surface area (Å²) in [4.78, 5) is 15.6. The number of hydrogen-bond donors (Lipinski definition) is 1. The first kappa shape index (κ1) is 12.6. The Bertz CT molecular complexity index is 674. The molecule has 3 rings (SSSR count). The number of carbonyl (C=O) groups is 1. The minimum atomic E-state index is -0.960. The van der Waals surface area contributed by atoms with Crippen LogP contribution in [-0.4, -0.2) is 25.7 Å². The van der Waals surface area contributed by atoms with Crippen LogP contribution < -0.4 is 0 Å². The average Bonchev–Trinajstić information content (AvgIpc) is 3.13. The molecule has 0 unspecified atom stereocenters. The van der Waals surface area contributed by atoms with Crippen molar-refractivity contribution in [3.05, 3.63) is 27.6 Å². The van der Waals surface area contributed by atoms with E-state index in [1.807, 2.05) is 13.8 Å². The highest BCUT2D eigenvalue weighted by molar-refractivity contribution is 9.10. The van der Waals surface area contributed by atoms with Gasteiger partial charge in [0.1, 0.15) is 0 Å². The third-order valence-electron chi connectivity index (χ3n) is 3.39. The zero-order valence-electron chi connectivity index (χ0n) is 10.7. The largest absolute Gasteiger partial charge is 0.478 e. The first-order valence-electron chi connectivity index (χ1n) is 6.31. The van der Waals surface area contributed by atoms with Crippen LogP contribution in [0.2, 0.25) is 0 Å². The third kappa shape index (κ3) is 1.94. The van der Waals surface area contributed by atoms with Gasteiger partial charge in [-0.25, -0.2) is 14.3 Å². The second kappa shape index (κ2) is 4.30. The number of aromatic nitrogens is 3. The average molecular weight is 324 g/mol. The van der Waals surface area contributed by atoms with Gasteiger partial charge in [-0.15, -0.1) is 0 Å². The lowest BCUT2D eigenvalue weighted by molar-refractivity contribution is 0.0694. The Balaban J connectivity index is 2.32. The number of carboxylic acid groups (broad SMARTS) is 1. The van der Waals surface area contributed by atoms with E-state index in [0.717, 1.165) is 23.0 Å². The lowest BCUT2D eigenvalue weighted by atomic mass is 10.1. The van der Waals surface area contributed by atoms with Gasteiger partial charge in [-0.2, -0.15) is 5.10 Å². The number of halogens is 1. The minimum Gasteiger partial charge on any atom is -0.478 e. The predicted octanol–water partition coefficient (Wildman–Crippen LogP) is 3.19. The molecule has 2 heterocycles. The van der Waals surface area contributed by atoms with E-state index in [2.05, 4.69) is 26.0 Å². The molecular weight excluding hydrogens is 310 g/mol. The SMILES string of the molecule is CC(C)c1c(C(=O)O)cnc2c(Br)c(C3CC3)nn12. The summed E-state index contributed by atoms with van der Waals surface area (Å²) in [5.74, 6) is -0.405. The van der Waals surface area contributed by atoms with Crippen LogP contribution in [0, 0.1) is 0 Å². The molecule has 1 N–H and O–H groups in total. The van der Waals surface area contributed by atoms with E-state index in [0.29, 0.717) is 17.3 Å². The molecule has 1 saturated carbocycles. The van der Waals surface area contributed by atoms with Gasteiger partial charge in [-0.1, -0.05) is 13.8 Å². The lowest BCUT2D eigenvalue weighted by Crippen LogP contribution is -2.11. The molecule has 1 aliphatic rings. The Morgan fingerprint density at radius 2 is 2.21 bits per heavy atom. The summed E-state index contributed by atoms with van der Waals surface area (Å²) >= 11 is 3.54. The van der Waals surface area contributed by atoms with Crippen LogP contribution in [0.5, 0.6) is 0 Å². The fourth-order valence-electron chi connectivity index (χ4n) is 2.33. The van der Waals surface area contributed by atoms with Crippen molar-refractivity contribution in [1.82, 2.24) is 14.6 Å². The maximum Gasteiger partial charge on any atom is 0.339 e. The summed E-state index contributed by atoms with van der Waals surface area (Å²) in [5.41, 5.74) is 2.62. The number of hydrogen-bond acceptors (Lipinski definition) is 3. The van der Waals surface area contributed by atoms with E-state index in [9.17, 15) is 9.90 Å². The molecule has 1 aliphatic carbocycles. The van der Waals surface area contributed by atoms with E-state index in [1.165, 1.54) is 6.20 Å². The molecule has 0 amide bonds. The molecule has 6 heteroatoms. The van der Waals surface area contributed by atoms with Gasteiger partial charge in [-0.05, 0) is 34.7 Å². The second-order valence-electron chi connectivity index (χ2n) is 5.23. The first-order chi connectivity index (χ1) is 9.00. The Morgan fingerprint density at radius 1 is 1.53 bits per heavy atom. The first-order valence-corrected chi connectivity index (χ1v) is 7.10. The Morgan fingerprint density at radius 3 is 2.74 bits per heavy atom. The van der Waals surface area contributed by atoms with Crippen LogP contribution >= 0.6 is 15.9 Å². The van der Waals surface area contributed by atoms with Crippen LogP contribution in [0.1, 0.15) is 60.3 Å². The van der Waals surface area contributed by atoms with E-state index < -0.39 is 5.97 Å². The highest BCUT2D eigenvalue weighted by Gasteiger charge is 2.31. The van der Waals surface area contributed by atoms with Crippen LogP contribution in [0.15, 0.2) is 10.7 Å². The highest BCUT2D eigenvalue weighted by atomic mass is 79.9. The zero-order chi connectivity index (χ0) is 13.7. The fourth-order valence-corrected chi connectivity index (χ4v) is 3.00. The van der Waals surface area contributed by atoms with Gasteiger partial charge in [0.25, 0.3) is 0 Å². The predicted molar refractivity (Wildman–Crippen MR) is 73.7 cm³/mol. The maximum absolute atomic E-state index is 11.3. The van der Waals surface area contributed by atoms with E-state index in [1.54, 1.807) is 4.52 Å². The zero-order valence-corrected chi connectivity index (χ0v) is 12.3. The molecule has 5 nitrogen and oxygen atoms in total. The van der Waals surface area contributed by atoms with Gasteiger partial charge in [0.15, 0.2) is 5.65 Å². The maximum atomic E-state index is 11.3.